The molecule has 3 rings (SSSR count). The van der Waals surface area contributed by atoms with Crippen LogP contribution in [0.2, 0.25) is 5.15 Å². The minimum absolute atomic E-state index is 0.430. The van der Waals surface area contributed by atoms with Gasteiger partial charge in [0.05, 0.1) is 25.4 Å². The molecular weight excluding hydrogens is 304 g/mol. The minimum Gasteiger partial charge on any atom is -0.480 e. The molecule has 114 valence electrons. The van der Waals surface area contributed by atoms with Gasteiger partial charge < -0.3 is 14.5 Å². The van der Waals surface area contributed by atoms with Gasteiger partial charge in [0.25, 0.3) is 0 Å². The molecule has 7 heteroatoms. The Bertz CT molecular complexity index is 835. The summed E-state index contributed by atoms with van der Waals surface area (Å²) in [6.45, 7) is 3.78. The smallest absolute Gasteiger partial charge is 0.229 e. The number of hydrogen-bond acceptors (Lipinski definition) is 5. The molecule has 6 nitrogen and oxygen atoms in total. The third-order valence-corrected chi connectivity index (χ3v) is 3.71. The Kier molecular flexibility index (Phi) is 3.62. The van der Waals surface area contributed by atoms with E-state index in [1.54, 1.807) is 33.4 Å². The van der Waals surface area contributed by atoms with E-state index in [0.29, 0.717) is 28.3 Å². The van der Waals surface area contributed by atoms with Crippen molar-refractivity contribution in [2.45, 2.75) is 13.8 Å². The Morgan fingerprint density at radius 3 is 2.32 bits per heavy atom. The van der Waals surface area contributed by atoms with Gasteiger partial charge in [0.2, 0.25) is 11.8 Å². The maximum Gasteiger partial charge on any atom is 0.229 e. The summed E-state index contributed by atoms with van der Waals surface area (Å²) in [7, 11) is 3.14. The molecule has 0 aliphatic heterocycles. The van der Waals surface area contributed by atoms with Gasteiger partial charge in [0, 0.05) is 11.6 Å². The number of aromatic nitrogens is 4. The first-order valence-corrected chi connectivity index (χ1v) is 7.03. The number of fused-ring (bicyclic) bond motifs is 1. The van der Waals surface area contributed by atoms with Crippen molar-refractivity contribution >= 4 is 22.5 Å². The Morgan fingerprint density at radius 1 is 1.09 bits per heavy atom. The lowest BCUT2D eigenvalue weighted by Gasteiger charge is -2.12. The quantitative estimate of drug-likeness (QED) is 0.750. The number of methoxy groups -OCH3 is 2. The van der Waals surface area contributed by atoms with Crippen molar-refractivity contribution in [1.29, 1.82) is 0 Å². The van der Waals surface area contributed by atoms with Crippen molar-refractivity contribution in [3.05, 3.63) is 28.8 Å². The van der Waals surface area contributed by atoms with Gasteiger partial charge in [0.1, 0.15) is 16.5 Å². The highest BCUT2D eigenvalue weighted by molar-refractivity contribution is 6.30. The van der Waals surface area contributed by atoms with E-state index in [1.807, 2.05) is 6.92 Å². The fraction of sp³-hybridized carbons (Fsp3) is 0.267. The Labute approximate surface area is 132 Å². The van der Waals surface area contributed by atoms with Crippen LogP contribution >= 0.6 is 11.6 Å². The molecular formula is C15H15ClN4O2. The van der Waals surface area contributed by atoms with Crippen molar-refractivity contribution in [1.82, 2.24) is 19.9 Å². The van der Waals surface area contributed by atoms with E-state index in [1.165, 1.54) is 0 Å². The Balaban J connectivity index is 2.34. The Hall–Kier alpha value is -2.34. The Morgan fingerprint density at radius 2 is 1.73 bits per heavy atom. The molecule has 0 aliphatic rings. The maximum atomic E-state index is 5.96. The summed E-state index contributed by atoms with van der Waals surface area (Å²) in [6, 6.07) is 1.78. The van der Waals surface area contributed by atoms with E-state index in [0.717, 1.165) is 22.2 Å². The van der Waals surface area contributed by atoms with Gasteiger partial charge in [-0.1, -0.05) is 11.6 Å². The minimum atomic E-state index is 0.430. The molecule has 3 aromatic heterocycles. The first-order chi connectivity index (χ1) is 10.5. The van der Waals surface area contributed by atoms with Crippen LogP contribution < -0.4 is 9.47 Å². The predicted molar refractivity (Wildman–Crippen MR) is 84.7 cm³/mol. The van der Waals surface area contributed by atoms with Crippen molar-refractivity contribution in [2.75, 3.05) is 14.2 Å². The second-order valence-electron chi connectivity index (χ2n) is 4.84. The van der Waals surface area contributed by atoms with Gasteiger partial charge in [-0.15, -0.1) is 0 Å². The molecule has 0 saturated carbocycles. The van der Waals surface area contributed by atoms with Gasteiger partial charge in [-0.3, -0.25) is 0 Å². The average molecular weight is 319 g/mol. The zero-order chi connectivity index (χ0) is 15.9. The van der Waals surface area contributed by atoms with Crippen LogP contribution in [-0.2, 0) is 0 Å². The van der Waals surface area contributed by atoms with Crippen molar-refractivity contribution in [3.8, 4) is 23.0 Å². The van der Waals surface area contributed by atoms with Gasteiger partial charge in [0.15, 0.2) is 0 Å². The van der Waals surface area contributed by atoms with E-state index >= 15 is 0 Å². The second kappa shape index (κ2) is 5.46. The summed E-state index contributed by atoms with van der Waals surface area (Å²) in [5.41, 5.74) is 3.40. The van der Waals surface area contributed by atoms with Gasteiger partial charge in [-0.2, -0.15) is 9.97 Å². The lowest BCUT2D eigenvalue weighted by atomic mass is 10.1. The summed E-state index contributed by atoms with van der Waals surface area (Å²) in [5.74, 6) is 1.49. The van der Waals surface area contributed by atoms with Crippen LogP contribution in [0.15, 0.2) is 12.3 Å². The van der Waals surface area contributed by atoms with Gasteiger partial charge >= 0.3 is 0 Å². The summed E-state index contributed by atoms with van der Waals surface area (Å²) < 4.78 is 10.8. The molecule has 22 heavy (non-hydrogen) atoms. The number of ether oxygens (including phenoxy) is 2. The van der Waals surface area contributed by atoms with Crippen LogP contribution in [0.1, 0.15) is 11.4 Å². The standard InChI is InChI=1S/C15H15ClN4O2/c1-7-9-6-17-11(16)5-10(9)20-13(7)12-14(21-3)18-8(2)19-15(12)22-4/h5-6,20H,1-4H3. The molecule has 0 saturated heterocycles. The highest BCUT2D eigenvalue weighted by Gasteiger charge is 2.21. The highest BCUT2D eigenvalue weighted by atomic mass is 35.5. The molecule has 0 atom stereocenters. The van der Waals surface area contributed by atoms with Crippen molar-refractivity contribution in [3.63, 3.8) is 0 Å². The largest absolute Gasteiger partial charge is 0.480 e. The molecule has 0 radical (unpaired) electrons. The second-order valence-corrected chi connectivity index (χ2v) is 5.23. The predicted octanol–water partition coefficient (Wildman–Crippen LogP) is 3.31. The number of nitrogens with one attached hydrogen (secondary N) is 1. The third-order valence-electron chi connectivity index (χ3n) is 3.50. The van der Waals surface area contributed by atoms with Gasteiger partial charge in [-0.05, 0) is 25.5 Å². The zero-order valence-electron chi connectivity index (χ0n) is 12.7. The lowest BCUT2D eigenvalue weighted by molar-refractivity contribution is 0.372. The van der Waals surface area contributed by atoms with E-state index < -0.39 is 0 Å². The first kappa shape index (κ1) is 14.6. The monoisotopic (exact) mass is 318 g/mol. The summed E-state index contributed by atoms with van der Waals surface area (Å²) in [6.07, 6.45) is 1.74. The number of rotatable bonds is 3. The first-order valence-electron chi connectivity index (χ1n) is 6.66. The van der Waals surface area contributed by atoms with Crippen LogP contribution in [0.4, 0.5) is 0 Å². The van der Waals surface area contributed by atoms with Crippen molar-refractivity contribution in [2.24, 2.45) is 0 Å². The molecule has 1 N–H and O–H groups in total. The molecule has 0 fully saturated rings. The van der Waals surface area contributed by atoms with E-state index in [2.05, 4.69) is 19.9 Å². The molecule has 3 aromatic rings. The third kappa shape index (κ3) is 2.25. The number of pyridine rings is 1. The molecule has 0 aliphatic carbocycles. The van der Waals surface area contributed by atoms with Crippen LogP contribution in [0, 0.1) is 13.8 Å². The topological polar surface area (TPSA) is 72.9 Å². The molecule has 0 unspecified atom stereocenters. The molecule has 0 aromatic carbocycles. The number of aromatic amines is 1. The summed E-state index contributed by atoms with van der Waals surface area (Å²) >= 11 is 5.96. The normalized spacial score (nSPS) is 11.0. The van der Waals surface area contributed by atoms with Crippen molar-refractivity contribution < 1.29 is 9.47 Å². The molecule has 0 spiro atoms. The molecule has 0 bridgehead atoms. The van der Waals surface area contributed by atoms with E-state index in [4.69, 9.17) is 21.1 Å². The van der Waals surface area contributed by atoms with Crippen LogP contribution in [0.3, 0.4) is 0 Å². The number of nitrogens with zero attached hydrogens (tertiary/aromatic N) is 3. The fourth-order valence-corrected chi connectivity index (χ4v) is 2.63. The zero-order valence-corrected chi connectivity index (χ0v) is 13.4. The van der Waals surface area contributed by atoms with Gasteiger partial charge in [-0.25, -0.2) is 4.98 Å². The summed E-state index contributed by atoms with van der Waals surface area (Å²) in [4.78, 5) is 16.1. The fourth-order valence-electron chi connectivity index (χ4n) is 2.48. The number of halogens is 1. The van der Waals surface area contributed by atoms with Crippen LogP contribution in [-0.4, -0.2) is 34.2 Å². The molecule has 3 heterocycles. The number of H-pyrrole nitrogens is 1. The summed E-state index contributed by atoms with van der Waals surface area (Å²) in [5, 5.41) is 1.41. The SMILES string of the molecule is COc1nc(C)nc(OC)c1-c1[nH]c2cc(Cl)ncc2c1C. The molecule has 0 amide bonds. The van der Waals surface area contributed by atoms with E-state index in [9.17, 15) is 0 Å². The van der Waals surface area contributed by atoms with E-state index in [-0.39, 0.29) is 0 Å². The maximum absolute atomic E-state index is 5.96. The average Bonchev–Trinajstić information content (AvgIpc) is 2.82. The lowest BCUT2D eigenvalue weighted by Crippen LogP contribution is -2.01. The number of hydrogen-bond donors (Lipinski definition) is 1. The van der Waals surface area contributed by atoms with Crippen LogP contribution in [0.25, 0.3) is 22.2 Å². The number of aryl methyl sites for hydroxylation is 2. The highest BCUT2D eigenvalue weighted by Crippen LogP contribution is 2.39. The van der Waals surface area contributed by atoms with Crippen LogP contribution in [0.5, 0.6) is 11.8 Å².